The van der Waals surface area contributed by atoms with Gasteiger partial charge >= 0.3 is 0 Å². The number of hydrogen-bond acceptors (Lipinski definition) is 6. The van der Waals surface area contributed by atoms with Gasteiger partial charge in [-0.1, -0.05) is 25.2 Å². The summed E-state index contributed by atoms with van der Waals surface area (Å²) < 4.78 is 0. The van der Waals surface area contributed by atoms with Crippen molar-refractivity contribution in [3.63, 3.8) is 0 Å². The van der Waals surface area contributed by atoms with E-state index in [4.69, 9.17) is 0 Å². The van der Waals surface area contributed by atoms with Crippen LogP contribution in [0, 0.1) is 0 Å². The fourth-order valence-corrected chi connectivity index (χ4v) is 3.49. The number of anilines is 2. The highest BCUT2D eigenvalue weighted by Gasteiger charge is 2.20. The first-order valence-electron chi connectivity index (χ1n) is 7.00. The minimum atomic E-state index is -0.0679. The molecule has 1 atom stereocenters. The molecule has 2 rings (SSSR count). The van der Waals surface area contributed by atoms with Gasteiger partial charge in [0.05, 0.1) is 11.9 Å². The third kappa shape index (κ3) is 3.59. The molecule has 21 heavy (non-hydrogen) atoms. The van der Waals surface area contributed by atoms with Crippen LogP contribution in [-0.4, -0.2) is 29.5 Å². The van der Waals surface area contributed by atoms with Gasteiger partial charge in [-0.25, -0.2) is 9.97 Å². The van der Waals surface area contributed by atoms with Crippen molar-refractivity contribution in [2.24, 2.45) is 0 Å². The predicted octanol–water partition coefficient (Wildman–Crippen LogP) is 3.82. The van der Waals surface area contributed by atoms with Gasteiger partial charge in [-0.3, -0.25) is 9.69 Å². The van der Waals surface area contributed by atoms with E-state index in [9.17, 15) is 4.79 Å². The molecule has 1 amide bonds. The maximum absolute atomic E-state index is 12.4. The van der Waals surface area contributed by atoms with Crippen molar-refractivity contribution in [3.8, 4) is 0 Å². The third-order valence-corrected chi connectivity index (χ3v) is 5.14. The lowest BCUT2D eigenvalue weighted by molar-refractivity contribution is 0.0996. The number of amides is 1. The van der Waals surface area contributed by atoms with Gasteiger partial charge in [0.15, 0.2) is 10.3 Å². The quantitative estimate of drug-likeness (QED) is 0.877. The van der Waals surface area contributed by atoms with E-state index in [1.54, 1.807) is 18.1 Å². The maximum Gasteiger partial charge on any atom is 0.271 e. The summed E-state index contributed by atoms with van der Waals surface area (Å²) >= 11 is 2.87. The van der Waals surface area contributed by atoms with E-state index < -0.39 is 0 Å². The highest BCUT2D eigenvalue weighted by molar-refractivity contribution is 7.17. The largest absolute Gasteiger partial charge is 0.362 e. The fourth-order valence-electron chi connectivity index (χ4n) is 1.72. The van der Waals surface area contributed by atoms with Crippen LogP contribution in [0.2, 0.25) is 0 Å². The zero-order valence-electron chi connectivity index (χ0n) is 12.7. The Bertz CT molecular complexity index is 608. The van der Waals surface area contributed by atoms with Gasteiger partial charge < -0.3 is 5.32 Å². The summed E-state index contributed by atoms with van der Waals surface area (Å²) in [6.45, 7) is 7.08. The standard InChI is InChI=1S/C14H20N4OS2/c1-5-9(3)10-8-20-14(17-10)18(4)12(19)11-7-16-13(21-11)15-6-2/h7-9H,5-6H2,1-4H3,(H,15,16). The zero-order chi connectivity index (χ0) is 15.4. The van der Waals surface area contributed by atoms with Crippen LogP contribution in [0.1, 0.15) is 48.5 Å². The van der Waals surface area contributed by atoms with Crippen LogP contribution < -0.4 is 10.2 Å². The Morgan fingerprint density at radius 1 is 1.48 bits per heavy atom. The van der Waals surface area contributed by atoms with Crippen LogP contribution in [-0.2, 0) is 0 Å². The average molecular weight is 324 g/mol. The molecule has 2 aromatic rings. The number of aromatic nitrogens is 2. The average Bonchev–Trinajstić information content (AvgIpc) is 3.14. The minimum Gasteiger partial charge on any atom is -0.362 e. The first-order valence-corrected chi connectivity index (χ1v) is 8.69. The summed E-state index contributed by atoms with van der Waals surface area (Å²) in [7, 11) is 1.76. The molecule has 5 nitrogen and oxygen atoms in total. The molecule has 0 saturated heterocycles. The van der Waals surface area contributed by atoms with Crippen LogP contribution >= 0.6 is 22.7 Å². The first kappa shape index (κ1) is 15.9. The number of carbonyl (C=O) groups is 1. The van der Waals surface area contributed by atoms with E-state index in [-0.39, 0.29) is 5.91 Å². The van der Waals surface area contributed by atoms with Crippen LogP contribution in [0.5, 0.6) is 0 Å². The van der Waals surface area contributed by atoms with Crippen LogP contribution in [0.15, 0.2) is 11.6 Å². The number of nitrogens with zero attached hydrogens (tertiary/aromatic N) is 3. The molecule has 0 aliphatic carbocycles. The molecule has 0 aliphatic rings. The van der Waals surface area contributed by atoms with Crippen molar-refractivity contribution in [3.05, 3.63) is 22.1 Å². The van der Waals surface area contributed by atoms with Crippen molar-refractivity contribution in [2.45, 2.75) is 33.1 Å². The molecule has 0 saturated carbocycles. The second-order valence-corrected chi connectivity index (χ2v) is 6.66. The lowest BCUT2D eigenvalue weighted by Gasteiger charge is -2.12. The molecular weight excluding hydrogens is 304 g/mol. The molecule has 0 radical (unpaired) electrons. The molecular formula is C14H20N4OS2. The van der Waals surface area contributed by atoms with Crippen molar-refractivity contribution in [1.82, 2.24) is 9.97 Å². The Morgan fingerprint density at radius 3 is 2.90 bits per heavy atom. The molecule has 7 heteroatoms. The monoisotopic (exact) mass is 324 g/mol. The SMILES string of the molecule is CCNc1ncc(C(=O)N(C)c2nc(C(C)CC)cs2)s1. The summed E-state index contributed by atoms with van der Waals surface area (Å²) in [4.78, 5) is 23.4. The van der Waals surface area contributed by atoms with Crippen molar-refractivity contribution in [1.29, 1.82) is 0 Å². The highest BCUT2D eigenvalue weighted by atomic mass is 32.1. The molecule has 1 N–H and O–H groups in total. The second-order valence-electron chi connectivity index (χ2n) is 4.79. The molecule has 114 valence electrons. The zero-order valence-corrected chi connectivity index (χ0v) is 14.3. The van der Waals surface area contributed by atoms with Gasteiger partial charge in [-0.05, 0) is 19.3 Å². The molecule has 0 fully saturated rings. The van der Waals surface area contributed by atoms with Crippen LogP contribution in [0.4, 0.5) is 10.3 Å². The second kappa shape index (κ2) is 7.00. The Hall–Kier alpha value is -1.47. The Balaban J connectivity index is 2.12. The number of carbonyl (C=O) groups excluding carboxylic acids is 1. The molecule has 2 aromatic heterocycles. The van der Waals surface area contributed by atoms with Gasteiger partial charge in [0.25, 0.3) is 5.91 Å². The first-order chi connectivity index (χ1) is 10.1. The number of rotatable bonds is 6. The van der Waals surface area contributed by atoms with Gasteiger partial charge in [0.2, 0.25) is 0 Å². The lowest BCUT2D eigenvalue weighted by Crippen LogP contribution is -2.25. The predicted molar refractivity (Wildman–Crippen MR) is 89.8 cm³/mol. The van der Waals surface area contributed by atoms with Crippen LogP contribution in [0.25, 0.3) is 0 Å². The third-order valence-electron chi connectivity index (χ3n) is 3.26. The van der Waals surface area contributed by atoms with E-state index in [0.717, 1.165) is 28.9 Å². The van der Waals surface area contributed by atoms with E-state index in [1.165, 1.54) is 22.7 Å². The summed E-state index contributed by atoms with van der Waals surface area (Å²) in [5.74, 6) is 0.351. The Labute approximate surface area is 133 Å². The van der Waals surface area contributed by atoms with Crippen molar-refractivity contribution >= 4 is 38.8 Å². The molecule has 2 heterocycles. The molecule has 0 bridgehead atoms. The molecule has 0 aliphatic heterocycles. The minimum absolute atomic E-state index is 0.0679. The maximum atomic E-state index is 12.4. The summed E-state index contributed by atoms with van der Waals surface area (Å²) in [6.07, 6.45) is 2.66. The van der Waals surface area contributed by atoms with Gasteiger partial charge in [0.1, 0.15) is 4.88 Å². The smallest absolute Gasteiger partial charge is 0.271 e. The van der Waals surface area contributed by atoms with Crippen LogP contribution in [0.3, 0.4) is 0 Å². The molecule has 0 aromatic carbocycles. The number of nitrogens with one attached hydrogen (secondary N) is 1. The number of hydrogen-bond donors (Lipinski definition) is 1. The van der Waals surface area contributed by atoms with E-state index >= 15 is 0 Å². The fraction of sp³-hybridized carbons (Fsp3) is 0.500. The molecule has 1 unspecified atom stereocenters. The van der Waals surface area contributed by atoms with Gasteiger partial charge in [-0.2, -0.15) is 0 Å². The normalized spacial score (nSPS) is 12.2. The highest BCUT2D eigenvalue weighted by Crippen LogP contribution is 2.28. The summed E-state index contributed by atoms with van der Waals surface area (Å²) in [5, 5.41) is 6.65. The Morgan fingerprint density at radius 2 is 2.24 bits per heavy atom. The van der Waals surface area contributed by atoms with Crippen molar-refractivity contribution in [2.75, 3.05) is 23.8 Å². The van der Waals surface area contributed by atoms with Crippen molar-refractivity contribution < 1.29 is 4.79 Å². The topological polar surface area (TPSA) is 58.1 Å². The van der Waals surface area contributed by atoms with Gasteiger partial charge in [-0.15, -0.1) is 11.3 Å². The number of thiazole rings is 2. The summed E-state index contributed by atoms with van der Waals surface area (Å²) in [6, 6.07) is 0. The van der Waals surface area contributed by atoms with E-state index in [2.05, 4.69) is 29.1 Å². The lowest BCUT2D eigenvalue weighted by atomic mass is 10.1. The van der Waals surface area contributed by atoms with E-state index in [1.807, 2.05) is 12.3 Å². The Kier molecular flexibility index (Phi) is 5.30. The van der Waals surface area contributed by atoms with E-state index in [0.29, 0.717) is 10.8 Å². The molecule has 0 spiro atoms. The summed E-state index contributed by atoms with van der Waals surface area (Å²) in [5.41, 5.74) is 1.05. The van der Waals surface area contributed by atoms with Gasteiger partial charge in [0, 0.05) is 19.0 Å².